The molecule has 0 aliphatic heterocycles. The van der Waals surface area contributed by atoms with Gasteiger partial charge in [0.2, 0.25) is 0 Å². The minimum atomic E-state index is -3.71. The van der Waals surface area contributed by atoms with Gasteiger partial charge in [-0.3, -0.25) is 4.31 Å². The Kier molecular flexibility index (Phi) is 6.03. The molecule has 0 saturated carbocycles. The van der Waals surface area contributed by atoms with Crippen molar-refractivity contribution in [2.45, 2.75) is 18.7 Å². The highest BCUT2D eigenvalue weighted by Crippen LogP contribution is 2.24. The lowest BCUT2D eigenvalue weighted by Gasteiger charge is -2.20. The molecular formula is C18H21NO5S. The minimum Gasteiger partial charge on any atom is -0.494 e. The van der Waals surface area contributed by atoms with Crippen LogP contribution >= 0.6 is 0 Å². The fraction of sp³-hybridized carbons (Fsp3) is 0.278. The maximum atomic E-state index is 12.7. The Morgan fingerprint density at radius 3 is 2.08 bits per heavy atom. The first-order valence-electron chi connectivity index (χ1n) is 7.89. The molecule has 0 fully saturated rings. The van der Waals surface area contributed by atoms with Gasteiger partial charge in [0.25, 0.3) is 10.0 Å². The van der Waals surface area contributed by atoms with Crippen LogP contribution < -0.4 is 9.04 Å². The van der Waals surface area contributed by atoms with Crippen LogP contribution in [0.2, 0.25) is 0 Å². The lowest BCUT2D eigenvalue weighted by molar-refractivity contribution is 0.0526. The van der Waals surface area contributed by atoms with Crippen LogP contribution in [0.3, 0.4) is 0 Å². The average Bonchev–Trinajstić information content (AvgIpc) is 2.62. The Labute approximate surface area is 148 Å². The van der Waals surface area contributed by atoms with Crippen LogP contribution in [0.5, 0.6) is 5.75 Å². The van der Waals surface area contributed by atoms with Gasteiger partial charge in [-0.15, -0.1) is 0 Å². The van der Waals surface area contributed by atoms with E-state index in [9.17, 15) is 13.2 Å². The van der Waals surface area contributed by atoms with Crippen LogP contribution in [0.25, 0.3) is 0 Å². The summed E-state index contributed by atoms with van der Waals surface area (Å²) >= 11 is 0. The molecule has 0 aromatic heterocycles. The van der Waals surface area contributed by atoms with Crippen molar-refractivity contribution in [2.75, 3.05) is 24.6 Å². The van der Waals surface area contributed by atoms with Gasteiger partial charge in [0, 0.05) is 7.05 Å². The number of carbonyl (C=O) groups excluding carboxylic acids is 1. The zero-order valence-electron chi connectivity index (χ0n) is 14.4. The highest BCUT2D eigenvalue weighted by atomic mass is 32.2. The maximum absolute atomic E-state index is 12.7. The molecule has 0 heterocycles. The van der Waals surface area contributed by atoms with Crippen LogP contribution in [-0.4, -0.2) is 34.6 Å². The number of benzene rings is 2. The topological polar surface area (TPSA) is 72.9 Å². The van der Waals surface area contributed by atoms with Crippen LogP contribution in [0.1, 0.15) is 24.2 Å². The summed E-state index contributed by atoms with van der Waals surface area (Å²) in [5.74, 6) is 0.175. The molecule has 2 aromatic rings. The zero-order chi connectivity index (χ0) is 18.4. The van der Waals surface area contributed by atoms with Gasteiger partial charge in [-0.1, -0.05) is 0 Å². The highest BCUT2D eigenvalue weighted by molar-refractivity contribution is 7.92. The molecule has 25 heavy (non-hydrogen) atoms. The van der Waals surface area contributed by atoms with E-state index in [1.54, 1.807) is 31.2 Å². The summed E-state index contributed by atoms with van der Waals surface area (Å²) in [5.41, 5.74) is 0.819. The molecule has 0 aliphatic rings. The number of rotatable bonds is 7. The Morgan fingerprint density at radius 1 is 0.960 bits per heavy atom. The summed E-state index contributed by atoms with van der Waals surface area (Å²) in [6.45, 7) is 4.38. The molecule has 0 aliphatic carbocycles. The van der Waals surface area contributed by atoms with Gasteiger partial charge in [-0.05, 0) is 62.4 Å². The summed E-state index contributed by atoms with van der Waals surface area (Å²) in [6.07, 6.45) is 0. The maximum Gasteiger partial charge on any atom is 0.338 e. The number of hydrogen-bond donors (Lipinski definition) is 0. The molecule has 0 unspecified atom stereocenters. The minimum absolute atomic E-state index is 0.160. The van der Waals surface area contributed by atoms with Crippen LogP contribution in [0.4, 0.5) is 5.69 Å². The fourth-order valence-corrected chi connectivity index (χ4v) is 3.39. The van der Waals surface area contributed by atoms with Gasteiger partial charge in [0.05, 0.1) is 29.4 Å². The van der Waals surface area contributed by atoms with Gasteiger partial charge < -0.3 is 9.47 Å². The fourth-order valence-electron chi connectivity index (χ4n) is 2.19. The second-order valence-electron chi connectivity index (χ2n) is 5.14. The van der Waals surface area contributed by atoms with E-state index in [4.69, 9.17) is 9.47 Å². The van der Waals surface area contributed by atoms with E-state index < -0.39 is 16.0 Å². The van der Waals surface area contributed by atoms with E-state index in [-0.39, 0.29) is 11.5 Å². The summed E-state index contributed by atoms with van der Waals surface area (Å²) in [5, 5.41) is 0. The monoisotopic (exact) mass is 363 g/mol. The van der Waals surface area contributed by atoms with E-state index in [1.807, 2.05) is 6.92 Å². The summed E-state index contributed by atoms with van der Waals surface area (Å²) in [6, 6.07) is 12.5. The van der Waals surface area contributed by atoms with Gasteiger partial charge >= 0.3 is 5.97 Å². The first-order chi connectivity index (χ1) is 11.9. The smallest absolute Gasteiger partial charge is 0.338 e. The third-order valence-electron chi connectivity index (χ3n) is 3.54. The molecule has 2 rings (SSSR count). The molecule has 134 valence electrons. The number of sulfonamides is 1. The lowest BCUT2D eigenvalue weighted by atomic mass is 10.2. The Morgan fingerprint density at radius 2 is 1.56 bits per heavy atom. The Balaban J connectivity index is 2.22. The van der Waals surface area contributed by atoms with E-state index in [0.717, 1.165) is 4.31 Å². The van der Waals surface area contributed by atoms with E-state index in [2.05, 4.69) is 0 Å². The molecule has 0 bridgehead atoms. The molecule has 6 nitrogen and oxygen atoms in total. The highest BCUT2D eigenvalue weighted by Gasteiger charge is 2.21. The van der Waals surface area contributed by atoms with Crippen molar-refractivity contribution < 1.29 is 22.7 Å². The third-order valence-corrected chi connectivity index (χ3v) is 5.33. The van der Waals surface area contributed by atoms with Crippen LogP contribution in [0.15, 0.2) is 53.4 Å². The predicted molar refractivity (Wildman–Crippen MR) is 95.6 cm³/mol. The first-order valence-corrected chi connectivity index (χ1v) is 9.33. The van der Waals surface area contributed by atoms with Crippen molar-refractivity contribution in [1.82, 2.24) is 0 Å². The van der Waals surface area contributed by atoms with Gasteiger partial charge in [-0.2, -0.15) is 0 Å². The molecule has 7 heteroatoms. The molecule has 0 radical (unpaired) electrons. The number of ether oxygens (including phenoxy) is 2. The number of hydrogen-bond acceptors (Lipinski definition) is 5. The molecule has 0 amide bonds. The molecule has 0 saturated heterocycles. The molecule has 0 N–H and O–H groups in total. The Hall–Kier alpha value is -2.54. The molecule has 0 atom stereocenters. The summed E-state index contributed by atoms with van der Waals surface area (Å²) in [7, 11) is -2.24. The quantitative estimate of drug-likeness (QED) is 0.707. The molecular weight excluding hydrogens is 342 g/mol. The van der Waals surface area contributed by atoms with Gasteiger partial charge in [0.1, 0.15) is 5.75 Å². The van der Waals surface area contributed by atoms with Crippen molar-refractivity contribution in [3.63, 3.8) is 0 Å². The Bertz CT molecular complexity index is 814. The summed E-state index contributed by atoms with van der Waals surface area (Å²) < 4.78 is 36.8. The van der Waals surface area contributed by atoms with Gasteiger partial charge in [0.15, 0.2) is 0 Å². The normalized spacial score (nSPS) is 11.0. The van der Waals surface area contributed by atoms with Crippen molar-refractivity contribution in [1.29, 1.82) is 0 Å². The number of anilines is 1. The molecule has 2 aromatic carbocycles. The number of nitrogens with zero attached hydrogens (tertiary/aromatic N) is 1. The van der Waals surface area contributed by atoms with E-state index in [0.29, 0.717) is 23.6 Å². The van der Waals surface area contributed by atoms with Crippen molar-refractivity contribution >= 4 is 21.7 Å². The number of carbonyl (C=O) groups is 1. The van der Waals surface area contributed by atoms with E-state index in [1.165, 1.54) is 31.3 Å². The average molecular weight is 363 g/mol. The van der Waals surface area contributed by atoms with Crippen LogP contribution in [-0.2, 0) is 14.8 Å². The molecule has 0 spiro atoms. The zero-order valence-corrected chi connectivity index (χ0v) is 15.2. The SMILES string of the molecule is CCOC(=O)c1ccc(N(C)S(=O)(=O)c2ccc(OCC)cc2)cc1. The largest absolute Gasteiger partial charge is 0.494 e. The number of esters is 1. The van der Waals surface area contributed by atoms with Crippen molar-refractivity contribution in [2.24, 2.45) is 0 Å². The van der Waals surface area contributed by atoms with Crippen molar-refractivity contribution in [3.05, 3.63) is 54.1 Å². The second kappa shape index (κ2) is 8.02. The van der Waals surface area contributed by atoms with E-state index >= 15 is 0 Å². The third kappa shape index (κ3) is 4.30. The predicted octanol–water partition coefficient (Wildman–Crippen LogP) is 3.09. The lowest BCUT2D eigenvalue weighted by Crippen LogP contribution is -2.26. The summed E-state index contributed by atoms with van der Waals surface area (Å²) in [4.78, 5) is 11.8. The van der Waals surface area contributed by atoms with Crippen molar-refractivity contribution in [3.8, 4) is 5.75 Å². The second-order valence-corrected chi connectivity index (χ2v) is 7.11. The first kappa shape index (κ1) is 18.8. The van der Waals surface area contributed by atoms with Gasteiger partial charge in [-0.25, -0.2) is 13.2 Å². The van der Waals surface area contributed by atoms with Crippen LogP contribution in [0, 0.1) is 0 Å². The standard InChI is InChI=1S/C18H21NO5S/c1-4-23-16-10-12-17(13-11-16)25(21,22)19(3)15-8-6-14(7-9-15)18(20)24-5-2/h6-13H,4-5H2,1-3H3.